The van der Waals surface area contributed by atoms with Gasteiger partial charge in [0.15, 0.2) is 9.84 Å². The SMILES string of the molecule is O=C(C#Cc1ccccc1)NCc1ccccc1CCS(=O)(=O)CCc1ccnc2[nH]ccc12. The monoisotopic (exact) mass is 471 g/mol. The number of rotatable bonds is 8. The summed E-state index contributed by atoms with van der Waals surface area (Å²) in [4.78, 5) is 19.4. The van der Waals surface area contributed by atoms with E-state index in [0.717, 1.165) is 33.3 Å². The van der Waals surface area contributed by atoms with Crippen LogP contribution in [0.1, 0.15) is 22.3 Å². The van der Waals surface area contributed by atoms with E-state index in [1.807, 2.05) is 66.7 Å². The number of amides is 1. The van der Waals surface area contributed by atoms with E-state index in [-0.39, 0.29) is 17.4 Å². The molecule has 0 saturated heterocycles. The Kier molecular flexibility index (Phi) is 7.41. The zero-order valence-electron chi connectivity index (χ0n) is 18.6. The fourth-order valence-electron chi connectivity index (χ4n) is 3.71. The van der Waals surface area contributed by atoms with Gasteiger partial charge in [-0.15, -0.1) is 0 Å². The van der Waals surface area contributed by atoms with E-state index in [4.69, 9.17) is 0 Å². The van der Waals surface area contributed by atoms with E-state index >= 15 is 0 Å². The maximum absolute atomic E-state index is 12.7. The molecule has 0 radical (unpaired) electrons. The number of sulfone groups is 1. The highest BCUT2D eigenvalue weighted by Crippen LogP contribution is 2.17. The quantitative estimate of drug-likeness (QED) is 0.385. The molecule has 0 saturated carbocycles. The van der Waals surface area contributed by atoms with Crippen molar-refractivity contribution in [1.82, 2.24) is 15.3 Å². The maximum Gasteiger partial charge on any atom is 0.296 e. The van der Waals surface area contributed by atoms with Crippen molar-refractivity contribution >= 4 is 26.8 Å². The van der Waals surface area contributed by atoms with Crippen LogP contribution >= 0.6 is 0 Å². The van der Waals surface area contributed by atoms with Crippen LogP contribution < -0.4 is 5.32 Å². The number of H-pyrrole nitrogens is 1. The summed E-state index contributed by atoms with van der Waals surface area (Å²) in [5, 5.41) is 3.75. The number of aromatic amines is 1. The number of benzene rings is 2. The van der Waals surface area contributed by atoms with Gasteiger partial charge in [-0.25, -0.2) is 13.4 Å². The highest BCUT2D eigenvalue weighted by atomic mass is 32.2. The normalized spacial score (nSPS) is 11.1. The summed E-state index contributed by atoms with van der Waals surface area (Å²) >= 11 is 0. The smallest absolute Gasteiger partial charge is 0.296 e. The van der Waals surface area contributed by atoms with Gasteiger partial charge in [-0.3, -0.25) is 4.79 Å². The standard InChI is InChI=1S/C27H25N3O3S/c31-26(11-10-21-6-2-1-3-7-21)30-20-24-9-5-4-8-22(24)14-18-34(32,33)19-15-23-12-16-28-27-25(23)13-17-29-27/h1-9,12-13,16-17H,14-15,18-20H2,(H,28,29)(H,30,31). The Balaban J connectivity index is 1.33. The van der Waals surface area contributed by atoms with E-state index in [0.29, 0.717) is 19.4 Å². The first kappa shape index (κ1) is 23.3. The first-order valence-corrected chi connectivity index (χ1v) is 12.9. The van der Waals surface area contributed by atoms with Gasteiger partial charge >= 0.3 is 0 Å². The fourth-order valence-corrected chi connectivity index (χ4v) is 4.98. The summed E-state index contributed by atoms with van der Waals surface area (Å²) in [6, 6.07) is 20.6. The number of pyridine rings is 1. The van der Waals surface area contributed by atoms with E-state index in [9.17, 15) is 13.2 Å². The lowest BCUT2D eigenvalue weighted by Crippen LogP contribution is -2.22. The van der Waals surface area contributed by atoms with Crippen molar-refractivity contribution in [1.29, 1.82) is 0 Å². The first-order valence-electron chi connectivity index (χ1n) is 11.0. The fraction of sp³-hybridized carbons (Fsp3) is 0.185. The predicted octanol–water partition coefficient (Wildman–Crippen LogP) is 3.43. The van der Waals surface area contributed by atoms with Crippen molar-refractivity contribution in [3.05, 3.63) is 101 Å². The Morgan fingerprint density at radius 3 is 2.38 bits per heavy atom. The molecule has 172 valence electrons. The lowest BCUT2D eigenvalue weighted by molar-refractivity contribution is -0.115. The topological polar surface area (TPSA) is 91.9 Å². The van der Waals surface area contributed by atoms with Crippen molar-refractivity contribution in [2.24, 2.45) is 0 Å². The van der Waals surface area contributed by atoms with Crippen LogP contribution in [-0.4, -0.2) is 35.8 Å². The molecule has 2 aromatic heterocycles. The second-order valence-electron chi connectivity index (χ2n) is 7.93. The summed E-state index contributed by atoms with van der Waals surface area (Å²) in [5.41, 5.74) is 4.29. The van der Waals surface area contributed by atoms with Gasteiger partial charge in [0, 0.05) is 35.8 Å². The molecule has 4 aromatic rings. The number of fused-ring (bicyclic) bond motifs is 1. The van der Waals surface area contributed by atoms with Gasteiger partial charge in [0.1, 0.15) is 5.65 Å². The van der Waals surface area contributed by atoms with Gasteiger partial charge in [0.25, 0.3) is 5.91 Å². The van der Waals surface area contributed by atoms with Crippen LogP contribution in [0.2, 0.25) is 0 Å². The third kappa shape index (κ3) is 6.33. The summed E-state index contributed by atoms with van der Waals surface area (Å²) in [5.74, 6) is 5.16. The Hall–Kier alpha value is -3.89. The van der Waals surface area contributed by atoms with Crippen LogP contribution in [0.25, 0.3) is 11.0 Å². The van der Waals surface area contributed by atoms with E-state index in [1.54, 1.807) is 12.4 Å². The predicted molar refractivity (Wildman–Crippen MR) is 134 cm³/mol. The van der Waals surface area contributed by atoms with Crippen molar-refractivity contribution < 1.29 is 13.2 Å². The molecule has 2 heterocycles. The van der Waals surface area contributed by atoms with Gasteiger partial charge < -0.3 is 10.3 Å². The van der Waals surface area contributed by atoms with Gasteiger partial charge in [0.2, 0.25) is 0 Å². The van der Waals surface area contributed by atoms with Crippen LogP contribution in [-0.2, 0) is 34.0 Å². The molecule has 1 amide bonds. The molecule has 7 heteroatoms. The number of aryl methyl sites for hydroxylation is 2. The lowest BCUT2D eigenvalue weighted by Gasteiger charge is -2.10. The molecule has 0 unspecified atom stereocenters. The second-order valence-corrected chi connectivity index (χ2v) is 10.2. The van der Waals surface area contributed by atoms with Crippen LogP contribution in [0.15, 0.2) is 79.1 Å². The van der Waals surface area contributed by atoms with E-state index in [2.05, 4.69) is 27.1 Å². The average Bonchev–Trinajstić information content (AvgIpc) is 3.34. The molecule has 2 N–H and O–H groups in total. The third-order valence-electron chi connectivity index (χ3n) is 5.57. The molecular weight excluding hydrogens is 446 g/mol. The minimum absolute atomic E-state index is 0.0487. The van der Waals surface area contributed by atoms with Crippen molar-refractivity contribution in [2.45, 2.75) is 19.4 Å². The molecule has 0 atom stereocenters. The van der Waals surface area contributed by atoms with Crippen molar-refractivity contribution in [3.8, 4) is 11.8 Å². The van der Waals surface area contributed by atoms with Gasteiger partial charge in [-0.1, -0.05) is 48.4 Å². The highest BCUT2D eigenvalue weighted by molar-refractivity contribution is 7.91. The minimum Gasteiger partial charge on any atom is -0.346 e. The molecular formula is C27H25N3O3S. The molecule has 0 spiro atoms. The second kappa shape index (κ2) is 10.8. The molecule has 34 heavy (non-hydrogen) atoms. The van der Waals surface area contributed by atoms with Gasteiger partial charge in [-0.05, 0) is 53.8 Å². The Labute approximate surface area is 199 Å². The number of nitrogens with zero attached hydrogens (tertiary/aromatic N) is 1. The summed E-state index contributed by atoms with van der Waals surface area (Å²) < 4.78 is 25.5. The number of carbonyl (C=O) groups is 1. The zero-order valence-corrected chi connectivity index (χ0v) is 19.4. The number of aromatic nitrogens is 2. The van der Waals surface area contributed by atoms with Gasteiger partial charge in [0.05, 0.1) is 11.5 Å². The number of hydrogen-bond acceptors (Lipinski definition) is 4. The van der Waals surface area contributed by atoms with Crippen LogP contribution in [0.4, 0.5) is 0 Å². The van der Waals surface area contributed by atoms with E-state index in [1.165, 1.54) is 0 Å². The maximum atomic E-state index is 12.7. The largest absolute Gasteiger partial charge is 0.346 e. The molecule has 2 aromatic carbocycles. The Morgan fingerprint density at radius 2 is 1.59 bits per heavy atom. The Bertz CT molecular complexity index is 1450. The van der Waals surface area contributed by atoms with Crippen LogP contribution in [0, 0.1) is 11.8 Å². The lowest BCUT2D eigenvalue weighted by atomic mass is 10.1. The zero-order chi connectivity index (χ0) is 23.8. The molecule has 0 aliphatic carbocycles. The summed E-state index contributed by atoms with van der Waals surface area (Å²) in [6.45, 7) is 0.293. The van der Waals surface area contributed by atoms with Crippen LogP contribution in [0.3, 0.4) is 0 Å². The molecule has 0 aliphatic heterocycles. The molecule has 0 fully saturated rings. The van der Waals surface area contributed by atoms with E-state index < -0.39 is 9.84 Å². The summed E-state index contributed by atoms with van der Waals surface area (Å²) in [6.07, 6.45) is 4.32. The first-order chi connectivity index (χ1) is 16.5. The Morgan fingerprint density at radius 1 is 0.882 bits per heavy atom. The van der Waals surface area contributed by atoms with Crippen LogP contribution in [0.5, 0.6) is 0 Å². The van der Waals surface area contributed by atoms with Crippen molar-refractivity contribution in [3.63, 3.8) is 0 Å². The number of hydrogen-bond donors (Lipinski definition) is 2. The molecule has 0 bridgehead atoms. The molecule has 0 aliphatic rings. The number of carbonyl (C=O) groups excluding carboxylic acids is 1. The number of nitrogens with one attached hydrogen (secondary N) is 2. The molecule has 6 nitrogen and oxygen atoms in total. The van der Waals surface area contributed by atoms with Crippen molar-refractivity contribution in [2.75, 3.05) is 11.5 Å². The minimum atomic E-state index is -3.26. The molecule has 4 rings (SSSR count). The third-order valence-corrected chi connectivity index (χ3v) is 7.22. The average molecular weight is 472 g/mol. The highest BCUT2D eigenvalue weighted by Gasteiger charge is 2.14. The summed E-state index contributed by atoms with van der Waals surface area (Å²) in [7, 11) is -3.26. The van der Waals surface area contributed by atoms with Gasteiger partial charge in [-0.2, -0.15) is 0 Å².